The van der Waals surface area contributed by atoms with E-state index in [1.165, 1.54) is 0 Å². The van der Waals surface area contributed by atoms with E-state index in [-0.39, 0.29) is 0 Å². The van der Waals surface area contributed by atoms with Crippen molar-refractivity contribution in [2.75, 3.05) is 13.7 Å². The van der Waals surface area contributed by atoms with E-state index in [1.807, 2.05) is 31.2 Å². The molecule has 1 amide bonds. The molecule has 15 heavy (non-hydrogen) atoms. The van der Waals surface area contributed by atoms with Crippen LogP contribution in [0.4, 0.5) is 4.79 Å². The lowest BCUT2D eigenvalue weighted by Gasteiger charge is -2.18. The van der Waals surface area contributed by atoms with Gasteiger partial charge in [-0.3, -0.25) is 4.79 Å². The Morgan fingerprint density at radius 2 is 2.13 bits per heavy atom. The number of benzene rings is 1. The third-order valence-electron chi connectivity index (χ3n) is 2.18. The first-order chi connectivity index (χ1) is 7.19. The molecule has 3 nitrogen and oxygen atoms in total. The maximum absolute atomic E-state index is 11.0. The zero-order chi connectivity index (χ0) is 11.3. The van der Waals surface area contributed by atoms with Gasteiger partial charge in [-0.1, -0.05) is 18.2 Å². The lowest BCUT2D eigenvalue weighted by Crippen LogP contribution is -2.25. The van der Waals surface area contributed by atoms with Gasteiger partial charge >= 0.3 is 5.37 Å². The zero-order valence-corrected chi connectivity index (χ0v) is 9.62. The minimum atomic E-state index is -0.441. The van der Waals surface area contributed by atoms with Crippen molar-refractivity contribution >= 4 is 17.0 Å². The van der Waals surface area contributed by atoms with Gasteiger partial charge < -0.3 is 9.64 Å². The third-order valence-corrected chi connectivity index (χ3v) is 2.42. The predicted molar refractivity (Wildman–Crippen MR) is 60.3 cm³/mol. The molecule has 0 unspecified atom stereocenters. The summed E-state index contributed by atoms with van der Waals surface area (Å²) in [5.41, 5.74) is 0.954. The molecule has 0 saturated carbocycles. The summed E-state index contributed by atoms with van der Waals surface area (Å²) in [7, 11) is 1.61. The van der Waals surface area contributed by atoms with Crippen LogP contribution in [0.25, 0.3) is 0 Å². The number of amides is 1. The van der Waals surface area contributed by atoms with Crippen molar-refractivity contribution in [1.29, 1.82) is 0 Å². The maximum atomic E-state index is 11.0. The van der Waals surface area contributed by atoms with Gasteiger partial charge in [-0.25, -0.2) is 0 Å². The predicted octanol–water partition coefficient (Wildman–Crippen LogP) is 2.88. The Balaban J connectivity index is 2.82. The van der Waals surface area contributed by atoms with Crippen LogP contribution < -0.4 is 4.74 Å². The van der Waals surface area contributed by atoms with Crippen LogP contribution in [0.5, 0.6) is 5.75 Å². The molecular weight excluding hydrogens is 214 g/mol. The highest BCUT2D eigenvalue weighted by Gasteiger charge is 2.11. The fraction of sp³-hybridized carbons (Fsp3) is 0.364. The Morgan fingerprint density at radius 1 is 1.47 bits per heavy atom. The minimum absolute atomic E-state index is 0.441. The lowest BCUT2D eigenvalue weighted by atomic mass is 10.2. The van der Waals surface area contributed by atoms with Crippen molar-refractivity contribution in [3.05, 3.63) is 29.8 Å². The molecular formula is C11H14ClNO2. The highest BCUT2D eigenvalue weighted by atomic mass is 35.5. The van der Waals surface area contributed by atoms with Gasteiger partial charge in [-0.15, -0.1) is 0 Å². The molecule has 0 heterocycles. The molecule has 0 aliphatic rings. The van der Waals surface area contributed by atoms with Gasteiger partial charge in [0.1, 0.15) is 5.75 Å². The molecule has 0 radical (unpaired) electrons. The van der Waals surface area contributed by atoms with E-state index in [4.69, 9.17) is 16.3 Å². The van der Waals surface area contributed by atoms with E-state index in [0.29, 0.717) is 13.1 Å². The van der Waals surface area contributed by atoms with Gasteiger partial charge in [0.15, 0.2) is 0 Å². The van der Waals surface area contributed by atoms with E-state index in [0.717, 1.165) is 11.3 Å². The summed E-state index contributed by atoms with van der Waals surface area (Å²) in [6, 6.07) is 7.58. The topological polar surface area (TPSA) is 29.5 Å². The van der Waals surface area contributed by atoms with Crippen LogP contribution in [-0.4, -0.2) is 23.9 Å². The third kappa shape index (κ3) is 3.13. The Hall–Kier alpha value is -1.22. The largest absolute Gasteiger partial charge is 0.496 e. The summed E-state index contributed by atoms with van der Waals surface area (Å²) in [6.45, 7) is 2.94. The number of nitrogens with zero attached hydrogens (tertiary/aromatic N) is 1. The molecule has 0 bridgehead atoms. The second-order valence-electron chi connectivity index (χ2n) is 3.08. The smallest absolute Gasteiger partial charge is 0.316 e. The van der Waals surface area contributed by atoms with Gasteiger partial charge in [0.2, 0.25) is 0 Å². The van der Waals surface area contributed by atoms with E-state index >= 15 is 0 Å². The molecule has 0 aliphatic heterocycles. The molecule has 0 aliphatic carbocycles. The molecule has 0 aromatic heterocycles. The van der Waals surface area contributed by atoms with Crippen LogP contribution in [0.1, 0.15) is 12.5 Å². The first kappa shape index (κ1) is 11.9. The number of hydrogen-bond donors (Lipinski definition) is 0. The molecule has 1 rings (SSSR count). The molecule has 0 spiro atoms. The van der Waals surface area contributed by atoms with Crippen molar-refractivity contribution in [1.82, 2.24) is 4.90 Å². The van der Waals surface area contributed by atoms with Crippen LogP contribution >= 0.6 is 11.6 Å². The first-order valence-corrected chi connectivity index (χ1v) is 5.13. The van der Waals surface area contributed by atoms with Crippen LogP contribution in [-0.2, 0) is 6.54 Å². The van der Waals surface area contributed by atoms with Crippen molar-refractivity contribution in [2.45, 2.75) is 13.5 Å². The molecule has 1 aromatic rings. The number of rotatable bonds is 4. The van der Waals surface area contributed by atoms with Crippen LogP contribution in [0.2, 0.25) is 0 Å². The Labute approximate surface area is 94.6 Å². The van der Waals surface area contributed by atoms with Crippen LogP contribution in [0.15, 0.2) is 24.3 Å². The monoisotopic (exact) mass is 227 g/mol. The van der Waals surface area contributed by atoms with Gasteiger partial charge in [0, 0.05) is 12.1 Å². The number of para-hydroxylation sites is 1. The van der Waals surface area contributed by atoms with Gasteiger partial charge in [-0.2, -0.15) is 0 Å². The van der Waals surface area contributed by atoms with Gasteiger partial charge in [0.25, 0.3) is 0 Å². The van der Waals surface area contributed by atoms with Crippen molar-refractivity contribution in [3.63, 3.8) is 0 Å². The van der Waals surface area contributed by atoms with Crippen LogP contribution in [0, 0.1) is 0 Å². The Bertz CT molecular complexity index is 341. The van der Waals surface area contributed by atoms with Gasteiger partial charge in [0.05, 0.1) is 13.7 Å². The van der Waals surface area contributed by atoms with E-state index in [9.17, 15) is 4.79 Å². The number of halogens is 1. The standard InChI is InChI=1S/C11H14ClNO2/c1-3-13(11(12)14)8-9-6-4-5-7-10(9)15-2/h4-7H,3,8H2,1-2H3. The average Bonchev–Trinajstić information content (AvgIpc) is 2.25. The molecule has 4 heteroatoms. The fourth-order valence-corrected chi connectivity index (χ4v) is 1.52. The maximum Gasteiger partial charge on any atom is 0.316 e. The summed E-state index contributed by atoms with van der Waals surface area (Å²) in [5, 5.41) is -0.441. The lowest BCUT2D eigenvalue weighted by molar-refractivity contribution is 0.221. The van der Waals surface area contributed by atoms with Crippen LogP contribution in [0.3, 0.4) is 0 Å². The number of carbonyl (C=O) groups excluding carboxylic acids is 1. The van der Waals surface area contributed by atoms with E-state index < -0.39 is 5.37 Å². The Morgan fingerprint density at radius 3 is 2.67 bits per heavy atom. The fourth-order valence-electron chi connectivity index (χ4n) is 1.34. The van der Waals surface area contributed by atoms with E-state index in [2.05, 4.69) is 0 Å². The molecule has 0 N–H and O–H groups in total. The minimum Gasteiger partial charge on any atom is -0.496 e. The zero-order valence-electron chi connectivity index (χ0n) is 8.87. The van der Waals surface area contributed by atoms with E-state index in [1.54, 1.807) is 12.0 Å². The normalized spacial score (nSPS) is 9.80. The molecule has 0 atom stereocenters. The highest BCUT2D eigenvalue weighted by Crippen LogP contribution is 2.19. The SMILES string of the molecule is CCN(Cc1ccccc1OC)C(=O)Cl. The molecule has 82 valence electrons. The van der Waals surface area contributed by atoms with Gasteiger partial charge in [-0.05, 0) is 24.6 Å². The molecule has 0 fully saturated rings. The second-order valence-corrected chi connectivity index (χ2v) is 3.40. The molecule has 0 saturated heterocycles. The summed E-state index contributed by atoms with van der Waals surface area (Å²) >= 11 is 5.44. The van der Waals surface area contributed by atoms with Crippen molar-refractivity contribution in [3.8, 4) is 5.75 Å². The Kier molecular flexibility index (Phi) is 4.43. The summed E-state index contributed by atoms with van der Waals surface area (Å²) in [4.78, 5) is 12.6. The number of hydrogen-bond acceptors (Lipinski definition) is 2. The number of methoxy groups -OCH3 is 1. The van der Waals surface area contributed by atoms with Crippen molar-refractivity contribution in [2.24, 2.45) is 0 Å². The quantitative estimate of drug-likeness (QED) is 0.585. The number of ether oxygens (including phenoxy) is 1. The average molecular weight is 228 g/mol. The summed E-state index contributed by atoms with van der Waals surface area (Å²) in [5.74, 6) is 0.772. The second kappa shape index (κ2) is 5.61. The molecule has 1 aromatic carbocycles. The number of carbonyl (C=O) groups is 1. The summed E-state index contributed by atoms with van der Waals surface area (Å²) < 4.78 is 5.19. The highest BCUT2D eigenvalue weighted by molar-refractivity contribution is 6.62. The summed E-state index contributed by atoms with van der Waals surface area (Å²) in [6.07, 6.45) is 0. The van der Waals surface area contributed by atoms with Crippen molar-refractivity contribution < 1.29 is 9.53 Å². The first-order valence-electron chi connectivity index (χ1n) is 4.75.